The van der Waals surface area contributed by atoms with E-state index in [1.54, 1.807) is 0 Å². The number of rotatable bonds is 5. The quantitative estimate of drug-likeness (QED) is 0.457. The molecule has 3 nitrogen and oxygen atoms in total. The largest absolute Gasteiger partial charge is 0.487 e. The molecule has 1 atom stereocenters. The van der Waals surface area contributed by atoms with Gasteiger partial charge in [-0.1, -0.05) is 48.0 Å². The molecule has 4 rings (SSSR count). The Morgan fingerprint density at radius 1 is 1.17 bits per heavy atom. The van der Waals surface area contributed by atoms with E-state index < -0.39 is 0 Å². The molecule has 1 aliphatic rings. The van der Waals surface area contributed by atoms with E-state index in [4.69, 9.17) is 16.3 Å². The first-order valence-corrected chi connectivity index (χ1v) is 11.2. The van der Waals surface area contributed by atoms with Crippen LogP contribution in [0.2, 0.25) is 5.02 Å². The molecule has 1 unspecified atom stereocenters. The molecular weight excluding hydrogens is 402 g/mol. The lowest BCUT2D eigenvalue weighted by Gasteiger charge is -2.36. The molecule has 2 aromatic carbocycles. The molecule has 150 valence electrons. The molecule has 1 aromatic heterocycles. The minimum absolute atomic E-state index is 0.114. The van der Waals surface area contributed by atoms with E-state index in [1.807, 2.05) is 59.7 Å². The number of ether oxygens (including phenoxy) is 1. The number of hydrogen-bond donors (Lipinski definition) is 0. The Balaban J connectivity index is 1.46. The van der Waals surface area contributed by atoms with Crippen molar-refractivity contribution in [2.75, 3.05) is 6.54 Å². The Labute approximate surface area is 180 Å². The van der Waals surface area contributed by atoms with E-state index >= 15 is 0 Å². The van der Waals surface area contributed by atoms with Crippen LogP contribution in [0, 0.1) is 6.92 Å². The van der Waals surface area contributed by atoms with E-state index in [9.17, 15) is 4.79 Å². The van der Waals surface area contributed by atoms with Gasteiger partial charge >= 0.3 is 0 Å². The number of carbonyl (C=O) groups is 1. The maximum absolute atomic E-state index is 13.2. The topological polar surface area (TPSA) is 29.5 Å². The van der Waals surface area contributed by atoms with Crippen molar-refractivity contribution in [2.24, 2.45) is 0 Å². The van der Waals surface area contributed by atoms with Crippen LogP contribution in [0.5, 0.6) is 5.75 Å². The number of carbonyl (C=O) groups excluding carboxylic acids is 1. The van der Waals surface area contributed by atoms with E-state index in [2.05, 4.69) is 12.1 Å². The standard InChI is InChI=1S/C24H24ClNO2S/c1-17-10-11-20(25)22(13-17)28-15-18-14-23(29-16-18)24(27)26-12-6-5-9-21(26)19-7-3-2-4-8-19/h2-4,7-8,10-11,13-14,16,21H,5-6,9,12,15H2,1H3. The highest BCUT2D eigenvalue weighted by molar-refractivity contribution is 7.12. The first-order valence-electron chi connectivity index (χ1n) is 9.94. The molecular formula is C24H24ClNO2S. The number of amides is 1. The summed E-state index contributed by atoms with van der Waals surface area (Å²) in [5.74, 6) is 0.786. The van der Waals surface area contributed by atoms with Crippen LogP contribution in [0.4, 0.5) is 0 Å². The zero-order valence-electron chi connectivity index (χ0n) is 16.4. The first-order chi connectivity index (χ1) is 14.1. The van der Waals surface area contributed by atoms with E-state index in [0.29, 0.717) is 17.4 Å². The zero-order chi connectivity index (χ0) is 20.2. The van der Waals surface area contributed by atoms with Crippen LogP contribution in [0.3, 0.4) is 0 Å². The van der Waals surface area contributed by atoms with Crippen LogP contribution in [0.25, 0.3) is 0 Å². The van der Waals surface area contributed by atoms with E-state index in [0.717, 1.165) is 41.8 Å². The minimum Gasteiger partial charge on any atom is -0.487 e. The Morgan fingerprint density at radius 2 is 2.00 bits per heavy atom. The fraction of sp³-hybridized carbons (Fsp3) is 0.292. The Kier molecular flexibility index (Phi) is 6.22. The second kappa shape index (κ2) is 9.02. The summed E-state index contributed by atoms with van der Waals surface area (Å²) in [5.41, 5.74) is 3.31. The van der Waals surface area contributed by atoms with Crippen LogP contribution < -0.4 is 4.74 Å². The second-order valence-electron chi connectivity index (χ2n) is 7.46. The SMILES string of the molecule is Cc1ccc(Cl)c(OCc2csc(C(=O)N3CCCCC3c3ccccc3)c2)c1. The van der Waals surface area contributed by atoms with Gasteiger partial charge in [-0.25, -0.2) is 0 Å². The normalized spacial score (nSPS) is 16.6. The molecule has 5 heteroatoms. The first kappa shape index (κ1) is 20.0. The summed E-state index contributed by atoms with van der Waals surface area (Å²) in [7, 11) is 0. The molecule has 0 saturated carbocycles. The summed E-state index contributed by atoms with van der Waals surface area (Å²) in [6, 6.07) is 18.2. The monoisotopic (exact) mass is 425 g/mol. The van der Waals surface area contributed by atoms with Gasteiger partial charge in [0.1, 0.15) is 12.4 Å². The van der Waals surface area contributed by atoms with Crippen molar-refractivity contribution in [3.05, 3.63) is 86.6 Å². The molecule has 2 heterocycles. The molecule has 29 heavy (non-hydrogen) atoms. The predicted octanol–water partition coefficient (Wildman–Crippen LogP) is 6.66. The lowest BCUT2D eigenvalue weighted by molar-refractivity contribution is 0.0616. The van der Waals surface area contributed by atoms with Crippen molar-refractivity contribution in [2.45, 2.75) is 38.8 Å². The second-order valence-corrected chi connectivity index (χ2v) is 8.78. The Hall–Kier alpha value is -2.30. The Morgan fingerprint density at radius 3 is 2.83 bits per heavy atom. The van der Waals surface area contributed by atoms with Gasteiger partial charge in [0.05, 0.1) is 15.9 Å². The number of aryl methyl sites for hydroxylation is 1. The fourth-order valence-electron chi connectivity index (χ4n) is 3.78. The smallest absolute Gasteiger partial charge is 0.264 e. The van der Waals surface area contributed by atoms with Crippen LogP contribution in [-0.2, 0) is 6.61 Å². The zero-order valence-corrected chi connectivity index (χ0v) is 18.0. The molecule has 1 aliphatic heterocycles. The highest BCUT2D eigenvalue weighted by atomic mass is 35.5. The molecule has 0 radical (unpaired) electrons. The molecule has 0 bridgehead atoms. The van der Waals surface area contributed by atoms with Gasteiger partial charge in [-0.2, -0.15) is 0 Å². The van der Waals surface area contributed by atoms with Gasteiger partial charge in [0.15, 0.2) is 0 Å². The van der Waals surface area contributed by atoms with Gasteiger partial charge in [0.2, 0.25) is 0 Å². The van der Waals surface area contributed by atoms with Crippen molar-refractivity contribution in [1.29, 1.82) is 0 Å². The highest BCUT2D eigenvalue weighted by Crippen LogP contribution is 2.33. The summed E-state index contributed by atoms with van der Waals surface area (Å²) in [5, 5.41) is 2.60. The van der Waals surface area contributed by atoms with E-state index in [1.165, 1.54) is 16.9 Å². The molecule has 0 N–H and O–H groups in total. The predicted molar refractivity (Wildman–Crippen MR) is 119 cm³/mol. The van der Waals surface area contributed by atoms with Crippen LogP contribution in [0.1, 0.15) is 51.7 Å². The van der Waals surface area contributed by atoms with Crippen molar-refractivity contribution in [1.82, 2.24) is 4.90 Å². The van der Waals surface area contributed by atoms with Gasteiger partial charge in [0.25, 0.3) is 5.91 Å². The van der Waals surface area contributed by atoms with Crippen molar-refractivity contribution in [3.8, 4) is 5.75 Å². The highest BCUT2D eigenvalue weighted by Gasteiger charge is 2.29. The summed E-state index contributed by atoms with van der Waals surface area (Å²) in [6.45, 7) is 3.21. The summed E-state index contributed by atoms with van der Waals surface area (Å²) in [6.07, 6.45) is 3.23. The molecule has 3 aromatic rings. The van der Waals surface area contributed by atoms with Crippen LogP contribution in [-0.4, -0.2) is 17.4 Å². The van der Waals surface area contributed by atoms with E-state index in [-0.39, 0.29) is 11.9 Å². The third-order valence-corrected chi connectivity index (χ3v) is 6.57. The Bertz CT molecular complexity index is 986. The van der Waals surface area contributed by atoms with Gasteiger partial charge in [0, 0.05) is 12.1 Å². The average Bonchev–Trinajstić information content (AvgIpc) is 3.23. The number of likely N-dealkylation sites (tertiary alicyclic amines) is 1. The average molecular weight is 426 g/mol. The molecule has 1 saturated heterocycles. The van der Waals surface area contributed by atoms with Crippen LogP contribution >= 0.6 is 22.9 Å². The number of piperidine rings is 1. The third-order valence-electron chi connectivity index (χ3n) is 5.29. The van der Waals surface area contributed by atoms with Gasteiger partial charge in [-0.3, -0.25) is 4.79 Å². The number of benzene rings is 2. The minimum atomic E-state index is 0.114. The van der Waals surface area contributed by atoms with Crippen LogP contribution in [0.15, 0.2) is 60.0 Å². The van der Waals surface area contributed by atoms with Gasteiger partial charge in [-0.05, 0) is 60.9 Å². The van der Waals surface area contributed by atoms with Gasteiger partial charge < -0.3 is 9.64 Å². The number of nitrogens with zero attached hydrogens (tertiary/aromatic N) is 1. The summed E-state index contributed by atoms with van der Waals surface area (Å²) >= 11 is 7.70. The molecule has 1 amide bonds. The molecule has 1 fully saturated rings. The number of halogens is 1. The van der Waals surface area contributed by atoms with Gasteiger partial charge in [-0.15, -0.1) is 11.3 Å². The van der Waals surface area contributed by atoms with Crippen molar-refractivity contribution >= 4 is 28.8 Å². The van der Waals surface area contributed by atoms with Crippen molar-refractivity contribution in [3.63, 3.8) is 0 Å². The maximum Gasteiger partial charge on any atom is 0.264 e. The fourth-order valence-corrected chi connectivity index (χ4v) is 4.81. The summed E-state index contributed by atoms with van der Waals surface area (Å²) in [4.78, 5) is 16.0. The third kappa shape index (κ3) is 4.65. The number of hydrogen-bond acceptors (Lipinski definition) is 3. The maximum atomic E-state index is 13.2. The number of thiophene rings is 1. The molecule has 0 aliphatic carbocycles. The molecule has 0 spiro atoms. The lowest BCUT2D eigenvalue weighted by Crippen LogP contribution is -2.38. The lowest BCUT2D eigenvalue weighted by atomic mass is 9.95. The summed E-state index contributed by atoms with van der Waals surface area (Å²) < 4.78 is 5.88. The van der Waals surface area contributed by atoms with Crippen molar-refractivity contribution < 1.29 is 9.53 Å².